The summed E-state index contributed by atoms with van der Waals surface area (Å²) in [6.45, 7) is 7.87. The SMILES string of the molecule is CC(C)(C)OC(=O)N1CC2CC(C1)N2c1ccc(CCNC(=O)OCc2ccccc2)cc1. The zero-order valence-corrected chi connectivity index (χ0v) is 19.6. The standard InChI is InChI=1S/C26H33N3O4/c1-26(2,3)33-25(31)28-16-22-15-23(17-28)29(22)21-11-9-19(10-12-21)13-14-27-24(30)32-18-20-7-5-4-6-8-20/h4-12,22-23H,13-18H2,1-3H3,(H,27,30). The molecule has 3 saturated heterocycles. The maximum absolute atomic E-state index is 12.4. The van der Waals surface area contributed by atoms with Crippen LogP contribution in [-0.2, 0) is 22.5 Å². The van der Waals surface area contributed by atoms with E-state index < -0.39 is 11.7 Å². The van der Waals surface area contributed by atoms with Crippen molar-refractivity contribution in [1.82, 2.24) is 10.2 Å². The summed E-state index contributed by atoms with van der Waals surface area (Å²) in [6, 6.07) is 18.8. The first-order valence-electron chi connectivity index (χ1n) is 11.6. The molecule has 3 heterocycles. The van der Waals surface area contributed by atoms with E-state index in [1.165, 1.54) is 5.69 Å². The van der Waals surface area contributed by atoms with E-state index in [4.69, 9.17) is 9.47 Å². The summed E-state index contributed by atoms with van der Waals surface area (Å²) < 4.78 is 10.8. The van der Waals surface area contributed by atoms with Gasteiger partial charge in [-0.3, -0.25) is 0 Å². The molecule has 2 amide bonds. The predicted octanol–water partition coefficient (Wildman–Crippen LogP) is 4.35. The lowest BCUT2D eigenvalue weighted by atomic mass is 9.86. The highest BCUT2D eigenvalue weighted by Gasteiger charge is 2.46. The van der Waals surface area contributed by atoms with Crippen molar-refractivity contribution in [2.24, 2.45) is 0 Å². The second-order valence-electron chi connectivity index (χ2n) is 9.74. The van der Waals surface area contributed by atoms with Crippen LogP contribution in [0.5, 0.6) is 0 Å². The summed E-state index contributed by atoms with van der Waals surface area (Å²) in [5.41, 5.74) is 2.83. The smallest absolute Gasteiger partial charge is 0.410 e. The molecular weight excluding hydrogens is 418 g/mol. The van der Waals surface area contributed by atoms with Crippen LogP contribution in [-0.4, -0.2) is 54.4 Å². The molecule has 3 fully saturated rings. The van der Waals surface area contributed by atoms with Crippen LogP contribution in [0.2, 0.25) is 0 Å². The first-order chi connectivity index (χ1) is 15.8. The van der Waals surface area contributed by atoms with Gasteiger partial charge < -0.3 is 24.6 Å². The number of amides is 2. The third-order valence-corrected chi connectivity index (χ3v) is 5.98. The van der Waals surface area contributed by atoms with Crippen LogP contribution in [0.25, 0.3) is 0 Å². The molecule has 0 aliphatic carbocycles. The molecule has 0 spiro atoms. The van der Waals surface area contributed by atoms with Gasteiger partial charge in [-0.05, 0) is 56.9 Å². The van der Waals surface area contributed by atoms with Crippen molar-refractivity contribution >= 4 is 17.9 Å². The lowest BCUT2D eigenvalue weighted by molar-refractivity contribution is 0.00856. The molecule has 0 saturated carbocycles. The Balaban J connectivity index is 1.20. The number of nitrogens with one attached hydrogen (secondary N) is 1. The Labute approximate surface area is 195 Å². The monoisotopic (exact) mass is 451 g/mol. The zero-order chi connectivity index (χ0) is 23.4. The average molecular weight is 452 g/mol. The Morgan fingerprint density at radius 2 is 1.64 bits per heavy atom. The fourth-order valence-electron chi connectivity index (χ4n) is 4.42. The minimum absolute atomic E-state index is 0.220. The molecule has 176 valence electrons. The van der Waals surface area contributed by atoms with E-state index in [9.17, 15) is 9.59 Å². The van der Waals surface area contributed by atoms with Gasteiger partial charge in [-0.15, -0.1) is 0 Å². The highest BCUT2D eigenvalue weighted by Crippen LogP contribution is 2.37. The molecule has 7 nitrogen and oxygen atoms in total. The van der Waals surface area contributed by atoms with E-state index in [-0.39, 0.29) is 12.7 Å². The first-order valence-corrected chi connectivity index (χ1v) is 11.6. The number of alkyl carbamates (subject to hydrolysis) is 1. The van der Waals surface area contributed by atoms with Crippen LogP contribution in [0.15, 0.2) is 54.6 Å². The van der Waals surface area contributed by atoms with Crippen LogP contribution in [0.1, 0.15) is 38.3 Å². The minimum Gasteiger partial charge on any atom is -0.445 e. The second kappa shape index (κ2) is 9.73. The summed E-state index contributed by atoms with van der Waals surface area (Å²) in [7, 11) is 0. The highest BCUT2D eigenvalue weighted by atomic mass is 16.6. The number of rotatable bonds is 6. The van der Waals surface area contributed by atoms with Gasteiger partial charge >= 0.3 is 12.2 Å². The van der Waals surface area contributed by atoms with Crippen molar-refractivity contribution in [3.05, 3.63) is 65.7 Å². The van der Waals surface area contributed by atoms with Crippen molar-refractivity contribution in [2.45, 2.75) is 57.9 Å². The van der Waals surface area contributed by atoms with E-state index in [0.717, 1.165) is 24.0 Å². The zero-order valence-electron chi connectivity index (χ0n) is 19.6. The Morgan fingerprint density at radius 1 is 0.970 bits per heavy atom. The second-order valence-corrected chi connectivity index (χ2v) is 9.74. The average Bonchev–Trinajstić information content (AvgIpc) is 2.78. The van der Waals surface area contributed by atoms with Crippen LogP contribution in [0.3, 0.4) is 0 Å². The van der Waals surface area contributed by atoms with E-state index >= 15 is 0 Å². The Hall–Kier alpha value is -3.22. The van der Waals surface area contributed by atoms with Gasteiger partial charge in [0.1, 0.15) is 12.2 Å². The molecule has 3 aliphatic rings. The minimum atomic E-state index is -0.471. The predicted molar refractivity (Wildman–Crippen MR) is 127 cm³/mol. The maximum atomic E-state index is 12.4. The third-order valence-electron chi connectivity index (χ3n) is 5.98. The van der Waals surface area contributed by atoms with Crippen LogP contribution in [0, 0.1) is 0 Å². The first kappa shape index (κ1) is 23.0. The van der Waals surface area contributed by atoms with Gasteiger partial charge in [-0.1, -0.05) is 42.5 Å². The van der Waals surface area contributed by atoms with E-state index in [1.54, 1.807) is 0 Å². The quantitative estimate of drug-likeness (QED) is 0.707. The van der Waals surface area contributed by atoms with Gasteiger partial charge in [-0.25, -0.2) is 9.59 Å². The van der Waals surface area contributed by atoms with Crippen molar-refractivity contribution in [2.75, 3.05) is 24.5 Å². The van der Waals surface area contributed by atoms with Gasteiger partial charge in [0.2, 0.25) is 0 Å². The molecule has 7 heteroatoms. The number of carbonyl (C=O) groups excluding carboxylic acids is 2. The molecule has 33 heavy (non-hydrogen) atoms. The number of anilines is 1. The van der Waals surface area contributed by atoms with E-state index in [1.807, 2.05) is 56.0 Å². The fraction of sp³-hybridized carbons (Fsp3) is 0.462. The largest absolute Gasteiger partial charge is 0.445 e. The Morgan fingerprint density at radius 3 is 2.27 bits per heavy atom. The number of piperazine rings is 1. The van der Waals surface area contributed by atoms with Crippen LogP contribution < -0.4 is 10.2 Å². The van der Waals surface area contributed by atoms with Crippen molar-refractivity contribution in [3.8, 4) is 0 Å². The number of carbonyl (C=O) groups is 2. The summed E-state index contributed by atoms with van der Waals surface area (Å²) >= 11 is 0. The number of nitrogens with zero attached hydrogens (tertiary/aromatic N) is 2. The van der Waals surface area contributed by atoms with E-state index in [2.05, 4.69) is 34.5 Å². The fourth-order valence-corrected chi connectivity index (χ4v) is 4.42. The van der Waals surface area contributed by atoms with Crippen molar-refractivity contribution in [1.29, 1.82) is 0 Å². The van der Waals surface area contributed by atoms with E-state index in [0.29, 0.717) is 31.7 Å². The normalized spacial score (nSPS) is 19.5. The molecular formula is C26H33N3O4. The molecule has 2 aromatic rings. The molecule has 0 aromatic heterocycles. The summed E-state index contributed by atoms with van der Waals surface area (Å²) in [5.74, 6) is 0. The van der Waals surface area contributed by atoms with Gasteiger partial charge in [0.15, 0.2) is 0 Å². The lowest BCUT2D eigenvalue weighted by Gasteiger charge is -2.57. The molecule has 5 rings (SSSR count). The molecule has 2 unspecified atom stereocenters. The van der Waals surface area contributed by atoms with Gasteiger partial charge in [0.25, 0.3) is 0 Å². The Bertz CT molecular complexity index is 944. The molecule has 2 atom stereocenters. The summed E-state index contributed by atoms with van der Waals surface area (Å²) in [5, 5.41) is 2.80. The summed E-state index contributed by atoms with van der Waals surface area (Å²) in [4.78, 5) is 28.5. The number of ether oxygens (including phenoxy) is 2. The maximum Gasteiger partial charge on any atom is 0.410 e. The van der Waals surface area contributed by atoms with Crippen LogP contribution >= 0.6 is 0 Å². The number of benzene rings is 2. The topological polar surface area (TPSA) is 71.1 Å². The number of fused-ring (bicyclic) bond motifs is 2. The van der Waals surface area contributed by atoms with Gasteiger partial charge in [0.05, 0.1) is 0 Å². The van der Waals surface area contributed by atoms with Crippen molar-refractivity contribution < 1.29 is 19.1 Å². The summed E-state index contributed by atoms with van der Waals surface area (Å²) in [6.07, 6.45) is 1.22. The van der Waals surface area contributed by atoms with Crippen LogP contribution in [0.4, 0.5) is 15.3 Å². The van der Waals surface area contributed by atoms with Gasteiger partial charge in [-0.2, -0.15) is 0 Å². The molecule has 1 N–H and O–H groups in total. The van der Waals surface area contributed by atoms with Gasteiger partial charge in [0, 0.05) is 37.4 Å². The van der Waals surface area contributed by atoms with Crippen molar-refractivity contribution in [3.63, 3.8) is 0 Å². The number of hydrogen-bond acceptors (Lipinski definition) is 5. The lowest BCUT2D eigenvalue weighted by Crippen LogP contribution is -2.70. The molecule has 2 bridgehead atoms. The Kier molecular flexibility index (Phi) is 6.77. The molecule has 0 radical (unpaired) electrons. The highest BCUT2D eigenvalue weighted by molar-refractivity contribution is 5.70. The number of hydrogen-bond donors (Lipinski definition) is 1. The third kappa shape index (κ3) is 5.97. The molecule has 2 aromatic carbocycles. The number of piperidine rings is 1. The molecule has 3 aliphatic heterocycles.